The number of rotatable bonds is 5. The van der Waals surface area contributed by atoms with Gasteiger partial charge in [-0.15, -0.1) is 0 Å². The normalized spacial score (nSPS) is 10.5. The molecular formula is C19H19N5O3. The zero-order valence-electron chi connectivity index (χ0n) is 15.2. The van der Waals surface area contributed by atoms with Crippen LogP contribution in [0.3, 0.4) is 0 Å². The minimum atomic E-state index is -0.633. The standard InChI is InChI=1S/C19H19N5O3/c1-11-12(2)24(3)19(22-11)23-17(26)14-8-6-10-21-18(14)27-15-9-5-4-7-13(15)16(20)25/h4-10H,1-3H3,(H2,20,25)(H,22,23,26). The predicted molar refractivity (Wildman–Crippen MR) is 99.9 cm³/mol. The van der Waals surface area contributed by atoms with Gasteiger partial charge in [-0.05, 0) is 38.1 Å². The van der Waals surface area contributed by atoms with E-state index in [-0.39, 0.29) is 22.8 Å². The number of amides is 2. The van der Waals surface area contributed by atoms with Crippen LogP contribution >= 0.6 is 0 Å². The topological polar surface area (TPSA) is 112 Å². The SMILES string of the molecule is Cc1nc(NC(=O)c2cccnc2Oc2ccccc2C(N)=O)n(C)c1C. The monoisotopic (exact) mass is 365 g/mol. The number of ether oxygens (including phenoxy) is 1. The van der Waals surface area contributed by atoms with Crippen LogP contribution in [-0.2, 0) is 7.05 Å². The Hall–Kier alpha value is -3.68. The second kappa shape index (κ2) is 7.28. The molecule has 27 heavy (non-hydrogen) atoms. The van der Waals surface area contributed by atoms with Crippen molar-refractivity contribution in [2.24, 2.45) is 12.8 Å². The van der Waals surface area contributed by atoms with Crippen molar-refractivity contribution >= 4 is 17.8 Å². The number of nitrogens with one attached hydrogen (secondary N) is 1. The van der Waals surface area contributed by atoms with Crippen LogP contribution in [0.4, 0.5) is 5.95 Å². The zero-order chi connectivity index (χ0) is 19.6. The molecule has 0 aliphatic heterocycles. The highest BCUT2D eigenvalue weighted by Gasteiger charge is 2.19. The molecule has 0 fully saturated rings. The number of aromatic nitrogens is 3. The molecular weight excluding hydrogens is 346 g/mol. The molecule has 8 heteroatoms. The smallest absolute Gasteiger partial charge is 0.263 e. The third kappa shape index (κ3) is 3.64. The van der Waals surface area contributed by atoms with Crippen molar-refractivity contribution in [2.45, 2.75) is 13.8 Å². The Morgan fingerprint density at radius 1 is 1.11 bits per heavy atom. The van der Waals surface area contributed by atoms with Crippen molar-refractivity contribution in [3.8, 4) is 11.6 Å². The molecule has 0 spiro atoms. The summed E-state index contributed by atoms with van der Waals surface area (Å²) in [5, 5.41) is 2.75. The van der Waals surface area contributed by atoms with E-state index in [0.29, 0.717) is 5.95 Å². The van der Waals surface area contributed by atoms with Gasteiger partial charge in [-0.2, -0.15) is 0 Å². The first-order valence-corrected chi connectivity index (χ1v) is 8.21. The number of primary amides is 1. The summed E-state index contributed by atoms with van der Waals surface area (Å²) in [6, 6.07) is 9.69. The van der Waals surface area contributed by atoms with E-state index in [9.17, 15) is 9.59 Å². The lowest BCUT2D eigenvalue weighted by Gasteiger charge is -2.12. The molecule has 0 atom stereocenters. The highest BCUT2D eigenvalue weighted by molar-refractivity contribution is 6.05. The molecule has 0 radical (unpaired) electrons. The van der Waals surface area contributed by atoms with Gasteiger partial charge in [-0.1, -0.05) is 12.1 Å². The number of para-hydroxylation sites is 1. The summed E-state index contributed by atoms with van der Waals surface area (Å²) < 4.78 is 7.50. The summed E-state index contributed by atoms with van der Waals surface area (Å²) in [4.78, 5) is 32.8. The Balaban J connectivity index is 1.91. The lowest BCUT2D eigenvalue weighted by molar-refractivity contribution is 0.0997. The largest absolute Gasteiger partial charge is 0.437 e. The predicted octanol–water partition coefficient (Wildman–Crippen LogP) is 2.58. The molecule has 2 amide bonds. The number of benzene rings is 1. The summed E-state index contributed by atoms with van der Waals surface area (Å²) in [5.74, 6) is -0.357. The minimum absolute atomic E-state index is 0.0614. The molecule has 2 aromatic heterocycles. The van der Waals surface area contributed by atoms with E-state index in [1.54, 1.807) is 41.0 Å². The second-order valence-corrected chi connectivity index (χ2v) is 5.94. The Kier molecular flexibility index (Phi) is 4.89. The molecule has 0 bridgehead atoms. The molecule has 0 unspecified atom stereocenters. The lowest BCUT2D eigenvalue weighted by atomic mass is 10.2. The van der Waals surface area contributed by atoms with Gasteiger partial charge in [-0.25, -0.2) is 9.97 Å². The van der Waals surface area contributed by atoms with Crippen molar-refractivity contribution in [1.29, 1.82) is 0 Å². The number of carbonyl (C=O) groups is 2. The van der Waals surface area contributed by atoms with Gasteiger partial charge in [0, 0.05) is 18.9 Å². The van der Waals surface area contributed by atoms with Crippen LogP contribution in [0.15, 0.2) is 42.6 Å². The molecule has 3 rings (SSSR count). The molecule has 0 saturated carbocycles. The molecule has 1 aromatic carbocycles. The fraction of sp³-hybridized carbons (Fsp3) is 0.158. The number of hydrogen-bond donors (Lipinski definition) is 2. The van der Waals surface area contributed by atoms with Crippen LogP contribution in [-0.4, -0.2) is 26.3 Å². The molecule has 0 aliphatic rings. The number of imidazole rings is 1. The van der Waals surface area contributed by atoms with Crippen molar-refractivity contribution in [3.63, 3.8) is 0 Å². The van der Waals surface area contributed by atoms with Gasteiger partial charge in [0.1, 0.15) is 11.3 Å². The molecule has 138 valence electrons. The van der Waals surface area contributed by atoms with E-state index in [0.717, 1.165) is 11.4 Å². The maximum absolute atomic E-state index is 12.7. The quantitative estimate of drug-likeness (QED) is 0.722. The Labute approximate surface area is 156 Å². The first-order chi connectivity index (χ1) is 12.9. The van der Waals surface area contributed by atoms with Gasteiger partial charge in [0.2, 0.25) is 11.8 Å². The third-order valence-electron chi connectivity index (χ3n) is 4.22. The van der Waals surface area contributed by atoms with Crippen LogP contribution in [0.1, 0.15) is 32.1 Å². The van der Waals surface area contributed by atoms with Crippen molar-refractivity contribution < 1.29 is 14.3 Å². The van der Waals surface area contributed by atoms with E-state index in [4.69, 9.17) is 10.5 Å². The van der Waals surface area contributed by atoms with E-state index >= 15 is 0 Å². The van der Waals surface area contributed by atoms with Gasteiger partial charge >= 0.3 is 0 Å². The highest BCUT2D eigenvalue weighted by Crippen LogP contribution is 2.26. The van der Waals surface area contributed by atoms with E-state index in [1.165, 1.54) is 6.20 Å². The maximum atomic E-state index is 12.7. The molecule has 3 aromatic rings. The molecule has 2 heterocycles. The number of aryl methyl sites for hydroxylation is 1. The maximum Gasteiger partial charge on any atom is 0.263 e. The van der Waals surface area contributed by atoms with Crippen molar-refractivity contribution in [3.05, 3.63) is 65.1 Å². The van der Waals surface area contributed by atoms with Gasteiger partial charge in [0.15, 0.2) is 0 Å². The number of nitrogens with zero attached hydrogens (tertiary/aromatic N) is 3. The van der Waals surface area contributed by atoms with E-state index in [1.807, 2.05) is 20.9 Å². The number of carbonyl (C=O) groups excluding carboxylic acids is 2. The van der Waals surface area contributed by atoms with Crippen LogP contribution in [0, 0.1) is 13.8 Å². The fourth-order valence-corrected chi connectivity index (χ4v) is 2.51. The Morgan fingerprint density at radius 2 is 1.81 bits per heavy atom. The van der Waals surface area contributed by atoms with Crippen LogP contribution < -0.4 is 15.8 Å². The second-order valence-electron chi connectivity index (χ2n) is 5.94. The minimum Gasteiger partial charge on any atom is -0.437 e. The lowest BCUT2D eigenvalue weighted by Crippen LogP contribution is -2.17. The first kappa shape index (κ1) is 18.1. The molecule has 8 nitrogen and oxygen atoms in total. The van der Waals surface area contributed by atoms with E-state index in [2.05, 4.69) is 15.3 Å². The van der Waals surface area contributed by atoms with Crippen molar-refractivity contribution in [2.75, 3.05) is 5.32 Å². The summed E-state index contributed by atoms with van der Waals surface area (Å²) in [6.45, 7) is 3.78. The number of nitrogens with two attached hydrogens (primary N) is 1. The number of anilines is 1. The summed E-state index contributed by atoms with van der Waals surface area (Å²) in [7, 11) is 1.81. The van der Waals surface area contributed by atoms with Crippen LogP contribution in [0.25, 0.3) is 0 Å². The van der Waals surface area contributed by atoms with Crippen molar-refractivity contribution in [1.82, 2.24) is 14.5 Å². The van der Waals surface area contributed by atoms with Gasteiger partial charge < -0.3 is 15.0 Å². The third-order valence-corrected chi connectivity index (χ3v) is 4.22. The van der Waals surface area contributed by atoms with Crippen LogP contribution in [0.5, 0.6) is 11.6 Å². The summed E-state index contributed by atoms with van der Waals surface area (Å²) in [5.41, 5.74) is 7.55. The highest BCUT2D eigenvalue weighted by atomic mass is 16.5. The summed E-state index contributed by atoms with van der Waals surface area (Å²) >= 11 is 0. The number of hydrogen-bond acceptors (Lipinski definition) is 5. The van der Waals surface area contributed by atoms with Gasteiger partial charge in [0.25, 0.3) is 11.8 Å². The fourth-order valence-electron chi connectivity index (χ4n) is 2.51. The average Bonchev–Trinajstić information content (AvgIpc) is 2.89. The molecule has 0 aliphatic carbocycles. The van der Waals surface area contributed by atoms with Gasteiger partial charge in [-0.3, -0.25) is 14.9 Å². The number of pyridine rings is 1. The Morgan fingerprint density at radius 3 is 2.48 bits per heavy atom. The Bertz CT molecular complexity index is 1030. The average molecular weight is 365 g/mol. The first-order valence-electron chi connectivity index (χ1n) is 8.21. The summed E-state index contributed by atoms with van der Waals surface area (Å²) in [6.07, 6.45) is 1.49. The van der Waals surface area contributed by atoms with E-state index < -0.39 is 11.8 Å². The molecule has 3 N–H and O–H groups in total. The van der Waals surface area contributed by atoms with Gasteiger partial charge in [0.05, 0.1) is 11.3 Å². The van der Waals surface area contributed by atoms with Crippen LogP contribution in [0.2, 0.25) is 0 Å². The zero-order valence-corrected chi connectivity index (χ0v) is 15.2. The molecule has 0 saturated heterocycles.